The van der Waals surface area contributed by atoms with Crippen LogP contribution in [0.5, 0.6) is 0 Å². The maximum Gasteiger partial charge on any atom is 0.326 e. The molecule has 0 aliphatic rings. The summed E-state index contributed by atoms with van der Waals surface area (Å²) in [6.45, 7) is 2.65. The number of carbonyl (C=O) groups excluding carboxylic acids is 2. The lowest BCUT2D eigenvalue weighted by molar-refractivity contribution is -0.140. The molecule has 2 aromatic rings. The fraction of sp³-hybridized carbons (Fsp3) is 0.250. The highest BCUT2D eigenvalue weighted by atomic mass is 16.4. The Labute approximate surface area is 152 Å². The maximum absolute atomic E-state index is 11.9. The second-order valence-corrected chi connectivity index (χ2v) is 5.91. The van der Waals surface area contributed by atoms with Gasteiger partial charge in [0.15, 0.2) is 0 Å². The molecule has 2 amide bonds. The van der Waals surface area contributed by atoms with Gasteiger partial charge in [-0.05, 0) is 35.2 Å². The molecule has 1 atom stereocenters. The Hall–Kier alpha value is -3.15. The van der Waals surface area contributed by atoms with Crippen molar-refractivity contribution in [2.24, 2.45) is 0 Å². The SMILES string of the molecule is CCCNC(=O)c1ccc(-c2ccc(C[C@H](NC=O)C(=O)O)cc2)cc1. The Morgan fingerprint density at radius 1 is 1.04 bits per heavy atom. The Balaban J connectivity index is 2.07. The first-order valence-electron chi connectivity index (χ1n) is 8.45. The number of hydrogen-bond donors (Lipinski definition) is 3. The van der Waals surface area contributed by atoms with E-state index in [0.29, 0.717) is 18.5 Å². The number of amides is 2. The van der Waals surface area contributed by atoms with Gasteiger partial charge in [0.05, 0.1) is 0 Å². The van der Waals surface area contributed by atoms with E-state index in [2.05, 4.69) is 10.6 Å². The van der Waals surface area contributed by atoms with E-state index in [1.165, 1.54) is 0 Å². The molecule has 3 N–H and O–H groups in total. The fourth-order valence-corrected chi connectivity index (χ4v) is 2.52. The molecule has 0 radical (unpaired) electrons. The summed E-state index contributed by atoms with van der Waals surface area (Å²) in [6, 6.07) is 13.8. The highest BCUT2D eigenvalue weighted by Crippen LogP contribution is 2.21. The molecular weight excluding hydrogens is 332 g/mol. The van der Waals surface area contributed by atoms with Crippen molar-refractivity contribution in [2.45, 2.75) is 25.8 Å². The molecule has 0 unspecified atom stereocenters. The molecule has 0 aliphatic carbocycles. The van der Waals surface area contributed by atoms with Gasteiger partial charge in [0.2, 0.25) is 6.41 Å². The van der Waals surface area contributed by atoms with Crippen molar-refractivity contribution in [3.63, 3.8) is 0 Å². The molecule has 6 nitrogen and oxygen atoms in total. The van der Waals surface area contributed by atoms with Crippen molar-refractivity contribution in [1.82, 2.24) is 10.6 Å². The van der Waals surface area contributed by atoms with E-state index < -0.39 is 12.0 Å². The second kappa shape index (κ2) is 9.36. The molecule has 0 fully saturated rings. The fourth-order valence-electron chi connectivity index (χ4n) is 2.52. The quantitative estimate of drug-likeness (QED) is 0.602. The zero-order chi connectivity index (χ0) is 18.9. The van der Waals surface area contributed by atoms with Crippen molar-refractivity contribution in [3.8, 4) is 11.1 Å². The van der Waals surface area contributed by atoms with Crippen LogP contribution in [-0.2, 0) is 16.0 Å². The summed E-state index contributed by atoms with van der Waals surface area (Å²) >= 11 is 0. The number of carboxylic acids is 1. The molecule has 0 bridgehead atoms. The minimum Gasteiger partial charge on any atom is -0.480 e. The van der Waals surface area contributed by atoms with Crippen molar-refractivity contribution < 1.29 is 19.5 Å². The van der Waals surface area contributed by atoms with Gasteiger partial charge in [-0.2, -0.15) is 0 Å². The molecule has 0 aromatic heterocycles. The van der Waals surface area contributed by atoms with Gasteiger partial charge in [-0.3, -0.25) is 9.59 Å². The molecule has 2 rings (SSSR count). The zero-order valence-corrected chi connectivity index (χ0v) is 14.6. The topological polar surface area (TPSA) is 95.5 Å². The summed E-state index contributed by atoms with van der Waals surface area (Å²) in [6.07, 6.45) is 1.50. The molecule has 0 saturated heterocycles. The summed E-state index contributed by atoms with van der Waals surface area (Å²) in [4.78, 5) is 33.5. The minimum absolute atomic E-state index is 0.0869. The van der Waals surface area contributed by atoms with Gasteiger partial charge in [-0.25, -0.2) is 4.79 Å². The number of hydrogen-bond acceptors (Lipinski definition) is 3. The van der Waals surface area contributed by atoms with Gasteiger partial charge in [0.1, 0.15) is 6.04 Å². The number of nitrogens with one attached hydrogen (secondary N) is 2. The van der Waals surface area contributed by atoms with Crippen LogP contribution in [0.2, 0.25) is 0 Å². The van der Waals surface area contributed by atoms with Crippen LogP contribution in [-0.4, -0.2) is 36.0 Å². The third kappa shape index (κ3) is 5.17. The predicted molar refractivity (Wildman–Crippen MR) is 98.8 cm³/mol. The summed E-state index contributed by atoms with van der Waals surface area (Å²) in [5.74, 6) is -1.16. The van der Waals surface area contributed by atoms with Crippen LogP contribution in [0.4, 0.5) is 0 Å². The summed E-state index contributed by atoms with van der Waals surface area (Å²) in [7, 11) is 0. The highest BCUT2D eigenvalue weighted by molar-refractivity contribution is 5.94. The molecular formula is C20H22N2O4. The van der Waals surface area contributed by atoms with E-state index in [1.807, 2.05) is 43.3 Å². The van der Waals surface area contributed by atoms with E-state index in [4.69, 9.17) is 5.11 Å². The smallest absolute Gasteiger partial charge is 0.326 e. The monoisotopic (exact) mass is 354 g/mol. The molecule has 0 aliphatic heterocycles. The van der Waals surface area contributed by atoms with Crippen molar-refractivity contribution in [3.05, 3.63) is 59.7 Å². The lowest BCUT2D eigenvalue weighted by Gasteiger charge is -2.11. The van der Waals surface area contributed by atoms with E-state index in [0.717, 1.165) is 23.1 Å². The van der Waals surface area contributed by atoms with Gasteiger partial charge < -0.3 is 15.7 Å². The minimum atomic E-state index is -1.07. The molecule has 136 valence electrons. The Morgan fingerprint density at radius 3 is 2.12 bits per heavy atom. The van der Waals surface area contributed by atoms with Gasteiger partial charge in [-0.15, -0.1) is 0 Å². The van der Waals surface area contributed by atoms with Gasteiger partial charge in [-0.1, -0.05) is 43.3 Å². The van der Waals surface area contributed by atoms with E-state index >= 15 is 0 Å². The summed E-state index contributed by atoms with van der Waals surface area (Å²) in [5, 5.41) is 14.2. The maximum atomic E-state index is 11.9. The number of benzene rings is 2. The van der Waals surface area contributed by atoms with Crippen LogP contribution in [0.1, 0.15) is 29.3 Å². The second-order valence-electron chi connectivity index (χ2n) is 5.91. The molecule has 2 aromatic carbocycles. The number of carboxylic acid groups (broad SMARTS) is 1. The highest BCUT2D eigenvalue weighted by Gasteiger charge is 2.16. The van der Waals surface area contributed by atoms with Crippen LogP contribution in [0.25, 0.3) is 11.1 Å². The first-order chi connectivity index (χ1) is 12.5. The third-order valence-corrected chi connectivity index (χ3v) is 3.98. The van der Waals surface area contributed by atoms with Crippen LogP contribution in [0.3, 0.4) is 0 Å². The normalized spacial score (nSPS) is 11.4. The van der Waals surface area contributed by atoms with E-state index in [1.54, 1.807) is 12.1 Å². The Morgan fingerprint density at radius 2 is 1.62 bits per heavy atom. The van der Waals surface area contributed by atoms with Gasteiger partial charge in [0.25, 0.3) is 5.91 Å². The van der Waals surface area contributed by atoms with Crippen molar-refractivity contribution in [2.75, 3.05) is 6.54 Å². The standard InChI is InChI=1S/C20H22N2O4/c1-2-11-21-19(24)17-9-7-16(8-10-17)15-5-3-14(4-6-15)12-18(20(25)26)22-13-23/h3-10,13,18H,2,11-12H2,1H3,(H,21,24)(H,22,23)(H,25,26)/t18-/m0/s1. The first kappa shape index (κ1) is 19.2. The van der Waals surface area contributed by atoms with Crippen LogP contribution < -0.4 is 10.6 Å². The molecule has 6 heteroatoms. The molecule has 26 heavy (non-hydrogen) atoms. The van der Waals surface area contributed by atoms with Crippen LogP contribution in [0, 0.1) is 0 Å². The van der Waals surface area contributed by atoms with Gasteiger partial charge in [0, 0.05) is 18.5 Å². The lowest BCUT2D eigenvalue weighted by atomic mass is 10.00. The number of aliphatic carboxylic acids is 1. The van der Waals surface area contributed by atoms with Crippen LogP contribution in [0.15, 0.2) is 48.5 Å². The largest absolute Gasteiger partial charge is 0.480 e. The van der Waals surface area contributed by atoms with Gasteiger partial charge >= 0.3 is 5.97 Å². The van der Waals surface area contributed by atoms with E-state index in [9.17, 15) is 14.4 Å². The average Bonchev–Trinajstić information content (AvgIpc) is 2.66. The molecule has 0 heterocycles. The third-order valence-electron chi connectivity index (χ3n) is 3.98. The average molecular weight is 354 g/mol. The van der Waals surface area contributed by atoms with Crippen molar-refractivity contribution in [1.29, 1.82) is 0 Å². The number of rotatable bonds is 9. The van der Waals surface area contributed by atoms with E-state index in [-0.39, 0.29) is 12.3 Å². The molecule has 0 saturated carbocycles. The molecule has 0 spiro atoms. The first-order valence-corrected chi connectivity index (χ1v) is 8.45. The Bertz CT molecular complexity index is 754. The zero-order valence-electron chi connectivity index (χ0n) is 14.6. The Kier molecular flexibility index (Phi) is 6.91. The van der Waals surface area contributed by atoms with Crippen molar-refractivity contribution >= 4 is 18.3 Å². The summed E-state index contributed by atoms with van der Waals surface area (Å²) < 4.78 is 0. The van der Waals surface area contributed by atoms with Crippen LogP contribution >= 0.6 is 0 Å². The number of carbonyl (C=O) groups is 3. The summed E-state index contributed by atoms with van der Waals surface area (Å²) in [5.41, 5.74) is 3.35. The lowest BCUT2D eigenvalue weighted by Crippen LogP contribution is -2.37. The predicted octanol–water partition coefficient (Wildman–Crippen LogP) is 2.24.